The Morgan fingerprint density at radius 3 is 2.57 bits per heavy atom. The van der Waals surface area contributed by atoms with Gasteiger partial charge in [0, 0.05) is 18.3 Å². The normalized spacial score (nSPS) is 43.1. The molecule has 3 saturated carbocycles. The lowest BCUT2D eigenvalue weighted by atomic mass is 9.44. The molecule has 0 spiro atoms. The van der Waals surface area contributed by atoms with Crippen molar-refractivity contribution in [1.82, 2.24) is 0 Å². The van der Waals surface area contributed by atoms with E-state index < -0.39 is 0 Å². The molecule has 0 bridgehead atoms. The first-order valence-electron chi connectivity index (χ1n) is 12.4. The number of hydrogen-bond donors (Lipinski definition) is 0. The summed E-state index contributed by atoms with van der Waals surface area (Å²) < 4.78 is 4.88. The molecule has 3 heteroatoms. The van der Waals surface area contributed by atoms with Crippen molar-refractivity contribution in [3.8, 4) is 0 Å². The van der Waals surface area contributed by atoms with Crippen molar-refractivity contribution in [3.05, 3.63) is 11.6 Å². The fraction of sp³-hybridized carbons (Fsp3) is 0.852. The van der Waals surface area contributed by atoms with E-state index in [1.807, 2.05) is 0 Å². The quantitative estimate of drug-likeness (QED) is 0.397. The van der Waals surface area contributed by atoms with Crippen molar-refractivity contribution < 1.29 is 14.3 Å². The van der Waals surface area contributed by atoms with Crippen LogP contribution in [0.25, 0.3) is 0 Å². The van der Waals surface area contributed by atoms with Crippen LogP contribution in [0.1, 0.15) is 92.4 Å². The third-order valence-corrected chi connectivity index (χ3v) is 10.5. The van der Waals surface area contributed by atoms with Crippen LogP contribution < -0.4 is 0 Å². The number of allylic oxidation sites excluding steroid dienone is 2. The second kappa shape index (κ2) is 7.48. The molecule has 0 aromatic carbocycles. The Kier molecular flexibility index (Phi) is 5.51. The molecular weight excluding hydrogens is 372 g/mol. The van der Waals surface area contributed by atoms with Crippen LogP contribution in [0.3, 0.4) is 0 Å². The predicted octanol–water partition coefficient (Wildman–Crippen LogP) is 6.36. The van der Waals surface area contributed by atoms with E-state index in [1.165, 1.54) is 38.4 Å². The molecule has 0 saturated heterocycles. The number of methoxy groups -OCH3 is 1. The lowest BCUT2D eigenvalue weighted by Gasteiger charge is -2.60. The lowest BCUT2D eigenvalue weighted by molar-refractivity contribution is -0.141. The average Bonchev–Trinajstić information content (AvgIpc) is 3.06. The molecule has 4 aliphatic carbocycles. The van der Waals surface area contributed by atoms with Gasteiger partial charge >= 0.3 is 5.97 Å². The first kappa shape index (κ1) is 22.1. The molecule has 0 radical (unpaired) electrons. The zero-order chi connectivity index (χ0) is 21.9. The molecular formula is C27H42O3. The van der Waals surface area contributed by atoms with Gasteiger partial charge in [0.25, 0.3) is 0 Å². The highest BCUT2D eigenvalue weighted by Gasteiger charge is 2.61. The summed E-state index contributed by atoms with van der Waals surface area (Å²) in [5.41, 5.74) is 1.78. The second-order valence-electron chi connectivity index (χ2n) is 12.0. The summed E-state index contributed by atoms with van der Waals surface area (Å²) in [6.45, 7) is 11.7. The minimum atomic E-state index is -0.278. The van der Waals surface area contributed by atoms with E-state index in [-0.39, 0.29) is 16.8 Å². The molecule has 4 aliphatic rings. The van der Waals surface area contributed by atoms with Crippen LogP contribution in [0, 0.1) is 45.8 Å². The Morgan fingerprint density at radius 2 is 1.87 bits per heavy atom. The van der Waals surface area contributed by atoms with Gasteiger partial charge in [0.2, 0.25) is 0 Å². The van der Waals surface area contributed by atoms with Gasteiger partial charge in [-0.1, -0.05) is 32.4 Å². The number of carbonyl (C=O) groups is 2. The van der Waals surface area contributed by atoms with Gasteiger partial charge in [-0.05, 0) is 99.2 Å². The van der Waals surface area contributed by atoms with Gasteiger partial charge in [-0.2, -0.15) is 0 Å². The maximum Gasteiger partial charge on any atom is 0.305 e. The topological polar surface area (TPSA) is 43.4 Å². The molecule has 4 rings (SSSR count). The van der Waals surface area contributed by atoms with Crippen LogP contribution >= 0.6 is 0 Å². The van der Waals surface area contributed by atoms with Crippen molar-refractivity contribution in [2.24, 2.45) is 45.8 Å². The van der Waals surface area contributed by atoms with E-state index in [0.29, 0.717) is 23.5 Å². The molecule has 0 aromatic heterocycles. The number of Topliss-reactive ketones (excluding diaryl/α,β-unsaturated/α-hetero) is 1. The lowest BCUT2D eigenvalue weighted by Crippen LogP contribution is -2.53. The summed E-state index contributed by atoms with van der Waals surface area (Å²) in [6.07, 6.45) is 12.2. The molecule has 0 N–H and O–H groups in total. The van der Waals surface area contributed by atoms with Crippen molar-refractivity contribution in [1.29, 1.82) is 0 Å². The van der Waals surface area contributed by atoms with E-state index in [1.54, 1.807) is 0 Å². The Morgan fingerprint density at radius 1 is 1.13 bits per heavy atom. The highest BCUT2D eigenvalue weighted by molar-refractivity contribution is 5.89. The molecule has 0 aromatic rings. The molecule has 0 unspecified atom stereocenters. The number of rotatable bonds is 4. The molecule has 0 aliphatic heterocycles. The zero-order valence-corrected chi connectivity index (χ0v) is 20.1. The maximum atomic E-state index is 12.7. The summed E-state index contributed by atoms with van der Waals surface area (Å²) in [7, 11) is 1.49. The Bertz CT molecular complexity index is 749. The number of ether oxygens (including phenoxy) is 1. The van der Waals surface area contributed by atoms with E-state index >= 15 is 0 Å². The molecule has 30 heavy (non-hydrogen) atoms. The standard InChI is InChI=1S/C27H42O3/c1-17(7-12-24(29)30-6)19-9-10-20-18-8-11-22-25(2,3)23(28)14-16-27(22,5)21(18)13-15-26(19,20)4/h11,17-21H,7-10,12-16H2,1-6H3/t17-,18+,19-,20+,21+,26-,27-/m1/s1. The number of ketones is 1. The highest BCUT2D eigenvalue weighted by atomic mass is 16.5. The third-order valence-electron chi connectivity index (χ3n) is 10.5. The SMILES string of the molecule is COC(=O)CC[C@@H](C)[C@H]1CC[C@H]2[C@@H]3CC=C4C(C)(C)C(=O)CC[C@]4(C)[C@H]3CC[C@]12C. The monoisotopic (exact) mass is 414 g/mol. The van der Waals surface area contributed by atoms with Gasteiger partial charge in [-0.25, -0.2) is 0 Å². The van der Waals surface area contributed by atoms with Gasteiger partial charge in [0.1, 0.15) is 5.78 Å². The fourth-order valence-electron chi connectivity index (χ4n) is 8.84. The molecule has 7 atom stereocenters. The van der Waals surface area contributed by atoms with E-state index in [9.17, 15) is 9.59 Å². The van der Waals surface area contributed by atoms with Crippen LogP contribution in [0.15, 0.2) is 11.6 Å². The van der Waals surface area contributed by atoms with E-state index in [2.05, 4.69) is 40.7 Å². The zero-order valence-electron chi connectivity index (χ0n) is 20.1. The van der Waals surface area contributed by atoms with Gasteiger partial charge in [0.15, 0.2) is 0 Å². The van der Waals surface area contributed by atoms with Crippen molar-refractivity contribution >= 4 is 11.8 Å². The third kappa shape index (κ3) is 3.13. The second-order valence-corrected chi connectivity index (χ2v) is 12.0. The van der Waals surface area contributed by atoms with Crippen molar-refractivity contribution in [2.45, 2.75) is 92.4 Å². The summed E-state index contributed by atoms with van der Waals surface area (Å²) in [5, 5.41) is 0. The maximum absolute atomic E-state index is 12.7. The first-order valence-corrected chi connectivity index (χ1v) is 12.4. The molecule has 3 nitrogen and oxygen atoms in total. The summed E-state index contributed by atoms with van der Waals surface area (Å²) in [5.74, 6) is 3.94. The first-order chi connectivity index (χ1) is 14.1. The number of esters is 1. The van der Waals surface area contributed by atoms with Gasteiger partial charge in [0.05, 0.1) is 7.11 Å². The predicted molar refractivity (Wildman–Crippen MR) is 120 cm³/mol. The molecule has 3 fully saturated rings. The highest BCUT2D eigenvalue weighted by Crippen LogP contribution is 2.68. The smallest absolute Gasteiger partial charge is 0.305 e. The Balaban J connectivity index is 1.56. The van der Waals surface area contributed by atoms with Crippen LogP contribution in [-0.4, -0.2) is 18.9 Å². The van der Waals surface area contributed by atoms with Crippen LogP contribution in [0.2, 0.25) is 0 Å². The van der Waals surface area contributed by atoms with Gasteiger partial charge in [-0.15, -0.1) is 0 Å². The van der Waals surface area contributed by atoms with Gasteiger partial charge in [-0.3, -0.25) is 9.59 Å². The number of fused-ring (bicyclic) bond motifs is 5. The summed E-state index contributed by atoms with van der Waals surface area (Å²) >= 11 is 0. The number of hydrogen-bond acceptors (Lipinski definition) is 3. The Labute approximate surface area is 183 Å². The van der Waals surface area contributed by atoms with Crippen LogP contribution in [0.4, 0.5) is 0 Å². The van der Waals surface area contributed by atoms with Crippen LogP contribution in [0.5, 0.6) is 0 Å². The summed E-state index contributed by atoms with van der Waals surface area (Å²) in [6, 6.07) is 0. The largest absolute Gasteiger partial charge is 0.469 e. The molecule has 168 valence electrons. The van der Waals surface area contributed by atoms with Crippen LogP contribution in [-0.2, 0) is 14.3 Å². The minimum Gasteiger partial charge on any atom is -0.469 e. The number of carbonyl (C=O) groups excluding carboxylic acids is 2. The van der Waals surface area contributed by atoms with Gasteiger partial charge < -0.3 is 4.74 Å². The summed E-state index contributed by atoms with van der Waals surface area (Å²) in [4.78, 5) is 24.4. The van der Waals surface area contributed by atoms with E-state index in [0.717, 1.165) is 49.4 Å². The molecule has 0 heterocycles. The molecule has 0 amide bonds. The van der Waals surface area contributed by atoms with Crippen molar-refractivity contribution in [2.75, 3.05) is 7.11 Å². The average molecular weight is 415 g/mol. The fourth-order valence-corrected chi connectivity index (χ4v) is 8.84. The minimum absolute atomic E-state index is 0.0717. The van der Waals surface area contributed by atoms with E-state index in [4.69, 9.17) is 4.74 Å². The van der Waals surface area contributed by atoms with Crippen molar-refractivity contribution in [3.63, 3.8) is 0 Å². The Hall–Kier alpha value is -1.12.